The number of hydrogen-bond acceptors (Lipinski definition) is 2. The van der Waals surface area contributed by atoms with Crippen molar-refractivity contribution in [1.82, 2.24) is 9.80 Å². The highest BCUT2D eigenvalue weighted by Crippen LogP contribution is 2.17. The number of alkyl halides is 1. The summed E-state index contributed by atoms with van der Waals surface area (Å²) >= 11 is 5.60. The van der Waals surface area contributed by atoms with Gasteiger partial charge >= 0.3 is 0 Å². The molecule has 1 saturated heterocycles. The van der Waals surface area contributed by atoms with Crippen LogP contribution in [0.1, 0.15) is 20.3 Å². The zero-order valence-electron chi connectivity index (χ0n) is 9.16. The predicted molar refractivity (Wildman–Crippen MR) is 58.6 cm³/mol. The van der Waals surface area contributed by atoms with Crippen molar-refractivity contribution in [2.75, 3.05) is 26.0 Å². The number of rotatable bonds is 3. The molecule has 3 nitrogen and oxygen atoms in total. The molecule has 1 fully saturated rings. The maximum atomic E-state index is 11.6. The molecule has 0 aromatic rings. The molecular weight excluding hydrogens is 200 g/mol. The lowest BCUT2D eigenvalue weighted by atomic mass is 10.1. The molecular formula is C10H19ClN2O. The van der Waals surface area contributed by atoms with Crippen LogP contribution in [0.2, 0.25) is 0 Å². The van der Waals surface area contributed by atoms with Crippen LogP contribution in [-0.4, -0.2) is 53.8 Å². The van der Waals surface area contributed by atoms with Crippen molar-refractivity contribution in [2.45, 2.75) is 32.4 Å². The summed E-state index contributed by atoms with van der Waals surface area (Å²) in [6.07, 6.45) is 1.07. The van der Waals surface area contributed by atoms with E-state index in [1.54, 1.807) is 0 Å². The number of likely N-dealkylation sites (tertiary alicyclic amines) is 1. The quantitative estimate of drug-likeness (QED) is 0.664. The monoisotopic (exact) mass is 218 g/mol. The topological polar surface area (TPSA) is 23.6 Å². The molecule has 1 aliphatic rings. The zero-order valence-corrected chi connectivity index (χ0v) is 9.92. The van der Waals surface area contributed by atoms with Crippen LogP contribution in [0, 0.1) is 0 Å². The summed E-state index contributed by atoms with van der Waals surface area (Å²) in [6.45, 7) is 6.13. The molecule has 1 amide bonds. The van der Waals surface area contributed by atoms with Crippen molar-refractivity contribution in [1.29, 1.82) is 0 Å². The van der Waals surface area contributed by atoms with Crippen molar-refractivity contribution >= 4 is 17.5 Å². The van der Waals surface area contributed by atoms with E-state index in [9.17, 15) is 4.79 Å². The Bertz CT molecular complexity index is 208. The van der Waals surface area contributed by atoms with E-state index in [4.69, 9.17) is 11.6 Å². The van der Waals surface area contributed by atoms with Crippen LogP contribution < -0.4 is 0 Å². The van der Waals surface area contributed by atoms with Crippen LogP contribution >= 0.6 is 11.6 Å². The van der Waals surface area contributed by atoms with Gasteiger partial charge in [-0.3, -0.25) is 4.79 Å². The summed E-state index contributed by atoms with van der Waals surface area (Å²) < 4.78 is 0. The van der Waals surface area contributed by atoms with E-state index >= 15 is 0 Å². The van der Waals surface area contributed by atoms with E-state index in [0.29, 0.717) is 6.04 Å². The molecule has 1 aliphatic heterocycles. The Kier molecular flexibility index (Phi) is 4.20. The number of amides is 1. The van der Waals surface area contributed by atoms with E-state index < -0.39 is 0 Å². The van der Waals surface area contributed by atoms with Gasteiger partial charge in [0.05, 0.1) is 0 Å². The Morgan fingerprint density at radius 2 is 2.29 bits per heavy atom. The maximum absolute atomic E-state index is 11.6. The number of nitrogens with zero attached hydrogens (tertiary/aromatic N) is 2. The van der Waals surface area contributed by atoms with Crippen LogP contribution in [0.4, 0.5) is 0 Å². The average Bonchev–Trinajstić information content (AvgIpc) is 2.51. The largest absolute Gasteiger partial charge is 0.335 e. The van der Waals surface area contributed by atoms with E-state index in [1.807, 2.05) is 18.7 Å². The van der Waals surface area contributed by atoms with E-state index in [2.05, 4.69) is 11.9 Å². The first-order valence-electron chi connectivity index (χ1n) is 5.12. The van der Waals surface area contributed by atoms with Gasteiger partial charge in [0.1, 0.15) is 5.88 Å². The number of halogens is 1. The summed E-state index contributed by atoms with van der Waals surface area (Å²) in [5.74, 6) is 0.153. The van der Waals surface area contributed by atoms with Gasteiger partial charge in [-0.2, -0.15) is 0 Å². The third-order valence-electron chi connectivity index (χ3n) is 2.72. The second-order valence-corrected chi connectivity index (χ2v) is 4.50. The molecule has 82 valence electrons. The van der Waals surface area contributed by atoms with Crippen LogP contribution in [0.3, 0.4) is 0 Å². The van der Waals surface area contributed by atoms with Crippen molar-refractivity contribution in [3.63, 3.8) is 0 Å². The number of carbonyl (C=O) groups is 1. The number of likely N-dealkylation sites (N-methyl/N-ethyl adjacent to an activating group) is 1. The minimum absolute atomic E-state index is 0.0574. The lowest BCUT2D eigenvalue weighted by Crippen LogP contribution is -2.46. The van der Waals surface area contributed by atoms with Gasteiger partial charge in [0.2, 0.25) is 5.91 Å². The van der Waals surface area contributed by atoms with Gasteiger partial charge in [-0.05, 0) is 33.9 Å². The second kappa shape index (κ2) is 4.99. The molecule has 0 spiro atoms. The van der Waals surface area contributed by atoms with Gasteiger partial charge in [0.15, 0.2) is 0 Å². The SMILES string of the molecule is CC(C)N(C(=O)CCl)[C@H]1CCN(C)C1. The smallest absolute Gasteiger partial charge is 0.238 e. The molecule has 0 bridgehead atoms. The minimum Gasteiger partial charge on any atom is -0.335 e. The highest BCUT2D eigenvalue weighted by atomic mass is 35.5. The Balaban J connectivity index is 2.63. The van der Waals surface area contributed by atoms with Gasteiger partial charge in [-0.1, -0.05) is 0 Å². The molecule has 0 aromatic heterocycles. The van der Waals surface area contributed by atoms with Crippen LogP contribution in [0.25, 0.3) is 0 Å². The molecule has 0 N–H and O–H groups in total. The summed E-state index contributed by atoms with van der Waals surface area (Å²) in [5, 5.41) is 0. The van der Waals surface area contributed by atoms with Crippen molar-refractivity contribution < 1.29 is 4.79 Å². The number of hydrogen-bond donors (Lipinski definition) is 0. The number of carbonyl (C=O) groups excluding carboxylic acids is 1. The Hall–Kier alpha value is -0.280. The Morgan fingerprint density at radius 3 is 2.64 bits per heavy atom. The first-order chi connectivity index (χ1) is 6.56. The van der Waals surface area contributed by atoms with Gasteiger partial charge < -0.3 is 9.80 Å². The lowest BCUT2D eigenvalue weighted by molar-refractivity contribution is -0.132. The molecule has 1 rings (SSSR count). The molecule has 0 saturated carbocycles. The molecule has 1 atom stereocenters. The molecule has 1 heterocycles. The fourth-order valence-electron chi connectivity index (χ4n) is 2.12. The second-order valence-electron chi connectivity index (χ2n) is 4.23. The maximum Gasteiger partial charge on any atom is 0.238 e. The molecule has 0 radical (unpaired) electrons. The summed E-state index contributed by atoms with van der Waals surface area (Å²) in [7, 11) is 2.09. The lowest BCUT2D eigenvalue weighted by Gasteiger charge is -2.32. The Morgan fingerprint density at radius 1 is 1.64 bits per heavy atom. The van der Waals surface area contributed by atoms with Gasteiger partial charge in [-0.15, -0.1) is 11.6 Å². The van der Waals surface area contributed by atoms with Gasteiger partial charge in [-0.25, -0.2) is 0 Å². The third-order valence-corrected chi connectivity index (χ3v) is 2.95. The van der Waals surface area contributed by atoms with Crippen LogP contribution in [0.5, 0.6) is 0 Å². The zero-order chi connectivity index (χ0) is 10.7. The molecule has 4 heteroatoms. The van der Waals surface area contributed by atoms with Crippen molar-refractivity contribution in [3.05, 3.63) is 0 Å². The minimum atomic E-state index is 0.0574. The molecule has 0 unspecified atom stereocenters. The fourth-order valence-corrected chi connectivity index (χ4v) is 2.26. The highest BCUT2D eigenvalue weighted by Gasteiger charge is 2.30. The van der Waals surface area contributed by atoms with Crippen molar-refractivity contribution in [2.24, 2.45) is 0 Å². The predicted octanol–water partition coefficient (Wildman–Crippen LogP) is 1.17. The third kappa shape index (κ3) is 2.61. The Labute approximate surface area is 91.0 Å². The first-order valence-corrected chi connectivity index (χ1v) is 5.65. The van der Waals surface area contributed by atoms with E-state index in [-0.39, 0.29) is 17.8 Å². The summed E-state index contributed by atoms with van der Waals surface area (Å²) in [6, 6.07) is 0.601. The average molecular weight is 219 g/mol. The standard InChI is InChI=1S/C10H19ClN2O/c1-8(2)13(10(14)6-11)9-4-5-12(3)7-9/h8-9H,4-7H2,1-3H3/t9-/m0/s1. The normalized spacial score (nSPS) is 23.1. The molecule has 0 aliphatic carbocycles. The van der Waals surface area contributed by atoms with Gasteiger partial charge in [0, 0.05) is 18.6 Å². The van der Waals surface area contributed by atoms with E-state index in [1.165, 1.54) is 0 Å². The molecule has 14 heavy (non-hydrogen) atoms. The first kappa shape index (κ1) is 11.8. The van der Waals surface area contributed by atoms with Gasteiger partial charge in [0.25, 0.3) is 0 Å². The summed E-state index contributed by atoms with van der Waals surface area (Å²) in [5.41, 5.74) is 0. The fraction of sp³-hybridized carbons (Fsp3) is 0.900. The highest BCUT2D eigenvalue weighted by molar-refractivity contribution is 6.27. The van der Waals surface area contributed by atoms with E-state index in [0.717, 1.165) is 19.5 Å². The van der Waals surface area contributed by atoms with Crippen molar-refractivity contribution in [3.8, 4) is 0 Å². The summed E-state index contributed by atoms with van der Waals surface area (Å²) in [4.78, 5) is 15.8. The van der Waals surface area contributed by atoms with Crippen LogP contribution in [-0.2, 0) is 4.79 Å². The molecule has 0 aromatic carbocycles. The van der Waals surface area contributed by atoms with Crippen LogP contribution in [0.15, 0.2) is 0 Å².